The lowest BCUT2D eigenvalue weighted by Gasteiger charge is -2.10. The molecule has 0 unspecified atom stereocenters. The van der Waals surface area contributed by atoms with Crippen molar-refractivity contribution in [3.8, 4) is 0 Å². The third-order valence-electron chi connectivity index (χ3n) is 2.84. The number of nitrogen functional groups attached to an aromatic ring is 1. The van der Waals surface area contributed by atoms with E-state index in [4.69, 9.17) is 5.73 Å². The Hall–Kier alpha value is -0.590. The largest absolute Gasteiger partial charge is 0.398 e. The Morgan fingerprint density at radius 2 is 2.12 bits per heavy atom. The predicted octanol–water partition coefficient (Wildman–Crippen LogP) is 2.03. The van der Waals surface area contributed by atoms with Gasteiger partial charge < -0.3 is 5.73 Å². The first kappa shape index (κ1) is 12.9. The van der Waals surface area contributed by atoms with Crippen LogP contribution >= 0.6 is 15.9 Å². The van der Waals surface area contributed by atoms with Crippen LogP contribution in [0.25, 0.3) is 0 Å². The molecule has 3 N–H and O–H groups in total. The van der Waals surface area contributed by atoms with Gasteiger partial charge in [0, 0.05) is 16.7 Å². The molecule has 0 bridgehead atoms. The fraction of sp³-hybridized carbons (Fsp3) is 0.455. The van der Waals surface area contributed by atoms with Crippen molar-refractivity contribution in [1.82, 2.24) is 4.72 Å². The quantitative estimate of drug-likeness (QED) is 0.834. The number of anilines is 1. The molecule has 1 aliphatic carbocycles. The van der Waals surface area contributed by atoms with Crippen molar-refractivity contribution in [1.29, 1.82) is 0 Å². The van der Waals surface area contributed by atoms with Crippen molar-refractivity contribution >= 4 is 31.6 Å². The fourth-order valence-electron chi connectivity index (χ4n) is 1.59. The summed E-state index contributed by atoms with van der Waals surface area (Å²) in [6.45, 7) is 2.29. The summed E-state index contributed by atoms with van der Waals surface area (Å²) >= 11 is 3.28. The van der Waals surface area contributed by atoms with E-state index in [1.54, 1.807) is 13.0 Å². The Morgan fingerprint density at radius 1 is 1.47 bits per heavy atom. The normalized spacial score (nSPS) is 16.1. The molecular weight excluding hydrogens is 304 g/mol. The van der Waals surface area contributed by atoms with Crippen molar-refractivity contribution in [3.05, 3.63) is 22.2 Å². The van der Waals surface area contributed by atoms with Gasteiger partial charge in [-0.1, -0.05) is 0 Å². The molecule has 17 heavy (non-hydrogen) atoms. The number of nitrogens with two attached hydrogens (primary N) is 1. The molecule has 0 atom stereocenters. The first-order valence-corrected chi connectivity index (χ1v) is 7.73. The minimum atomic E-state index is -3.44. The highest BCUT2D eigenvalue weighted by atomic mass is 79.9. The second-order valence-corrected chi connectivity index (χ2v) is 7.02. The smallest absolute Gasteiger partial charge is 0.240 e. The van der Waals surface area contributed by atoms with E-state index in [1.807, 2.05) is 0 Å². The van der Waals surface area contributed by atoms with E-state index in [1.165, 1.54) is 6.07 Å². The number of aryl methyl sites for hydroxylation is 1. The maximum absolute atomic E-state index is 12.1. The monoisotopic (exact) mass is 318 g/mol. The second-order valence-electron chi connectivity index (χ2n) is 4.43. The number of benzene rings is 1. The van der Waals surface area contributed by atoms with Crippen molar-refractivity contribution < 1.29 is 8.42 Å². The number of rotatable bonds is 4. The highest BCUT2D eigenvalue weighted by Gasteiger charge is 2.25. The summed E-state index contributed by atoms with van der Waals surface area (Å²) in [7, 11) is -3.44. The molecule has 0 heterocycles. The second kappa shape index (κ2) is 4.59. The van der Waals surface area contributed by atoms with Crippen molar-refractivity contribution in [2.45, 2.75) is 24.7 Å². The van der Waals surface area contributed by atoms with Crippen LogP contribution in [-0.2, 0) is 10.0 Å². The van der Waals surface area contributed by atoms with Crippen LogP contribution in [0, 0.1) is 12.8 Å². The van der Waals surface area contributed by atoms with E-state index in [2.05, 4.69) is 20.7 Å². The third-order valence-corrected chi connectivity index (χ3v) is 5.10. The zero-order valence-electron chi connectivity index (χ0n) is 9.53. The number of nitrogens with one attached hydrogen (secondary N) is 1. The van der Waals surface area contributed by atoms with Gasteiger partial charge in [0.15, 0.2) is 0 Å². The molecule has 0 aliphatic heterocycles. The van der Waals surface area contributed by atoms with Crippen LogP contribution < -0.4 is 10.5 Å². The predicted molar refractivity (Wildman–Crippen MR) is 71.2 cm³/mol. The summed E-state index contributed by atoms with van der Waals surface area (Å²) in [6.07, 6.45) is 2.23. The van der Waals surface area contributed by atoms with Crippen LogP contribution in [0.5, 0.6) is 0 Å². The van der Waals surface area contributed by atoms with Crippen LogP contribution in [0.1, 0.15) is 18.4 Å². The zero-order chi connectivity index (χ0) is 12.6. The first-order chi connectivity index (χ1) is 7.90. The van der Waals surface area contributed by atoms with E-state index in [9.17, 15) is 8.42 Å². The zero-order valence-corrected chi connectivity index (χ0v) is 11.9. The Kier molecular flexibility index (Phi) is 3.47. The van der Waals surface area contributed by atoms with Crippen molar-refractivity contribution in [3.63, 3.8) is 0 Å². The lowest BCUT2D eigenvalue weighted by molar-refractivity contribution is 0.577. The van der Waals surface area contributed by atoms with Crippen LogP contribution in [0.15, 0.2) is 21.5 Å². The summed E-state index contributed by atoms with van der Waals surface area (Å²) in [5.74, 6) is 0.512. The van der Waals surface area contributed by atoms with E-state index in [0.29, 0.717) is 23.7 Å². The van der Waals surface area contributed by atoms with E-state index in [0.717, 1.165) is 17.3 Å². The lowest BCUT2D eigenvalue weighted by atomic mass is 10.2. The Bertz CT molecular complexity index is 539. The van der Waals surface area contributed by atoms with Gasteiger partial charge in [-0.2, -0.15) is 0 Å². The average Bonchev–Trinajstić information content (AvgIpc) is 3.04. The maximum Gasteiger partial charge on any atom is 0.240 e. The summed E-state index contributed by atoms with van der Waals surface area (Å²) < 4.78 is 27.5. The van der Waals surface area contributed by atoms with Gasteiger partial charge in [-0.25, -0.2) is 13.1 Å². The molecule has 0 spiro atoms. The average molecular weight is 319 g/mol. The summed E-state index contributed by atoms with van der Waals surface area (Å²) in [5, 5.41) is 0. The van der Waals surface area contributed by atoms with Gasteiger partial charge in [-0.05, 0) is 59.3 Å². The molecule has 2 rings (SSSR count). The minimum Gasteiger partial charge on any atom is -0.398 e. The fourth-order valence-corrected chi connectivity index (χ4v) is 3.42. The summed E-state index contributed by atoms with van der Waals surface area (Å²) in [4.78, 5) is 0.263. The number of halogens is 1. The minimum absolute atomic E-state index is 0.263. The molecule has 4 nitrogen and oxygen atoms in total. The third kappa shape index (κ3) is 3.00. The van der Waals surface area contributed by atoms with Gasteiger partial charge in [0.25, 0.3) is 0 Å². The molecule has 0 radical (unpaired) electrons. The molecule has 94 valence electrons. The molecule has 1 fully saturated rings. The number of hydrogen-bond donors (Lipinski definition) is 2. The van der Waals surface area contributed by atoms with Crippen LogP contribution in [0.4, 0.5) is 5.69 Å². The summed E-state index contributed by atoms with van der Waals surface area (Å²) in [5.41, 5.74) is 6.84. The molecular formula is C11H15BrN2O2S. The van der Waals surface area contributed by atoms with Gasteiger partial charge in [0.05, 0.1) is 4.90 Å². The van der Waals surface area contributed by atoms with Crippen LogP contribution in [-0.4, -0.2) is 15.0 Å². The van der Waals surface area contributed by atoms with E-state index in [-0.39, 0.29) is 4.90 Å². The number of hydrogen-bond acceptors (Lipinski definition) is 3. The molecule has 0 aromatic heterocycles. The Morgan fingerprint density at radius 3 is 2.71 bits per heavy atom. The SMILES string of the molecule is Cc1cc(Br)c(N)cc1S(=O)(=O)NCC1CC1. The Balaban J connectivity index is 2.27. The van der Waals surface area contributed by atoms with Gasteiger partial charge in [-0.15, -0.1) is 0 Å². The lowest BCUT2D eigenvalue weighted by Crippen LogP contribution is -2.26. The van der Waals surface area contributed by atoms with Crippen LogP contribution in [0.3, 0.4) is 0 Å². The van der Waals surface area contributed by atoms with Crippen molar-refractivity contribution in [2.24, 2.45) is 5.92 Å². The van der Waals surface area contributed by atoms with E-state index < -0.39 is 10.0 Å². The molecule has 1 aromatic rings. The van der Waals surface area contributed by atoms with Gasteiger partial charge >= 0.3 is 0 Å². The van der Waals surface area contributed by atoms with Gasteiger partial charge in [0.2, 0.25) is 10.0 Å². The molecule has 1 aliphatic rings. The molecule has 6 heteroatoms. The van der Waals surface area contributed by atoms with Crippen molar-refractivity contribution in [2.75, 3.05) is 12.3 Å². The molecule has 1 aromatic carbocycles. The van der Waals surface area contributed by atoms with E-state index >= 15 is 0 Å². The molecule has 1 saturated carbocycles. The topological polar surface area (TPSA) is 72.2 Å². The Labute approximate surface area is 110 Å². The highest BCUT2D eigenvalue weighted by Crippen LogP contribution is 2.29. The first-order valence-electron chi connectivity index (χ1n) is 5.45. The maximum atomic E-state index is 12.1. The molecule has 0 amide bonds. The van der Waals surface area contributed by atoms with Gasteiger partial charge in [-0.3, -0.25) is 0 Å². The number of sulfonamides is 1. The highest BCUT2D eigenvalue weighted by molar-refractivity contribution is 9.10. The summed E-state index contributed by atoms with van der Waals surface area (Å²) in [6, 6.07) is 3.22. The van der Waals surface area contributed by atoms with Crippen LogP contribution in [0.2, 0.25) is 0 Å². The molecule has 0 saturated heterocycles. The van der Waals surface area contributed by atoms with Gasteiger partial charge in [0.1, 0.15) is 0 Å². The standard InChI is InChI=1S/C11H15BrN2O2S/c1-7-4-9(12)10(13)5-11(7)17(15,16)14-6-8-2-3-8/h4-5,8,14H,2-3,6,13H2,1H3.